The van der Waals surface area contributed by atoms with Crippen molar-refractivity contribution in [1.29, 1.82) is 0 Å². The maximum Gasteiger partial charge on any atom is 0.255 e. The molecule has 0 bridgehead atoms. The van der Waals surface area contributed by atoms with E-state index in [-0.39, 0.29) is 11.8 Å². The fraction of sp³-hybridized carbons (Fsp3) is 0.300. The molecule has 2 N–H and O–H groups in total. The van der Waals surface area contributed by atoms with Crippen LogP contribution in [0.25, 0.3) is 0 Å². The maximum absolute atomic E-state index is 12.3. The molecule has 0 aliphatic heterocycles. The standard InChI is InChI=1S/C20H22N2O2/c1-13-9-14(2)11-16(10-13)20(24)22-18-5-3-15(4-6-18)12-19(23)21-17-7-8-17/h3-6,9-11,17H,7-8,12H2,1-2H3,(H,21,23)(H,22,24). The van der Waals surface area contributed by atoms with Gasteiger partial charge in [-0.1, -0.05) is 29.3 Å². The quantitative estimate of drug-likeness (QED) is 0.886. The van der Waals surface area contributed by atoms with Crippen LogP contribution < -0.4 is 10.6 Å². The molecule has 2 aromatic carbocycles. The van der Waals surface area contributed by atoms with E-state index in [1.165, 1.54) is 0 Å². The van der Waals surface area contributed by atoms with Crippen molar-refractivity contribution in [3.05, 3.63) is 64.7 Å². The van der Waals surface area contributed by atoms with Gasteiger partial charge in [0.2, 0.25) is 5.91 Å². The van der Waals surface area contributed by atoms with Crippen LogP contribution in [0.15, 0.2) is 42.5 Å². The summed E-state index contributed by atoms with van der Waals surface area (Å²) in [6.07, 6.45) is 2.56. The molecule has 0 radical (unpaired) electrons. The Morgan fingerprint density at radius 3 is 2.21 bits per heavy atom. The van der Waals surface area contributed by atoms with Crippen LogP contribution in [-0.4, -0.2) is 17.9 Å². The molecule has 0 atom stereocenters. The van der Waals surface area contributed by atoms with Gasteiger partial charge in [0.25, 0.3) is 5.91 Å². The van der Waals surface area contributed by atoms with E-state index in [4.69, 9.17) is 0 Å². The first kappa shape index (κ1) is 16.2. The second-order valence-electron chi connectivity index (χ2n) is 6.55. The Bertz CT molecular complexity index is 741. The van der Waals surface area contributed by atoms with Crippen LogP contribution in [0.5, 0.6) is 0 Å². The van der Waals surface area contributed by atoms with Crippen LogP contribution in [0.2, 0.25) is 0 Å². The Kier molecular flexibility index (Phi) is 4.65. The molecule has 2 aromatic rings. The first-order valence-electron chi connectivity index (χ1n) is 8.27. The summed E-state index contributed by atoms with van der Waals surface area (Å²) in [6.45, 7) is 3.95. The van der Waals surface area contributed by atoms with Gasteiger partial charge in [0.05, 0.1) is 6.42 Å². The third kappa shape index (κ3) is 4.44. The van der Waals surface area contributed by atoms with Crippen LogP contribution in [0.3, 0.4) is 0 Å². The highest BCUT2D eigenvalue weighted by molar-refractivity contribution is 6.04. The normalized spacial score (nSPS) is 13.4. The minimum absolute atomic E-state index is 0.0597. The smallest absolute Gasteiger partial charge is 0.255 e. The van der Waals surface area contributed by atoms with Crippen LogP contribution in [0.4, 0.5) is 5.69 Å². The number of benzene rings is 2. The van der Waals surface area contributed by atoms with Gasteiger partial charge in [-0.2, -0.15) is 0 Å². The van der Waals surface area contributed by atoms with Crippen molar-refractivity contribution in [2.24, 2.45) is 0 Å². The van der Waals surface area contributed by atoms with Crippen LogP contribution in [-0.2, 0) is 11.2 Å². The molecular formula is C20H22N2O2. The van der Waals surface area contributed by atoms with Crippen molar-refractivity contribution in [2.75, 3.05) is 5.32 Å². The number of hydrogen-bond donors (Lipinski definition) is 2. The molecule has 4 heteroatoms. The average Bonchev–Trinajstić information content (AvgIpc) is 3.32. The van der Waals surface area contributed by atoms with E-state index in [0.717, 1.165) is 35.2 Å². The van der Waals surface area contributed by atoms with E-state index in [2.05, 4.69) is 10.6 Å². The van der Waals surface area contributed by atoms with Crippen LogP contribution >= 0.6 is 0 Å². The molecule has 0 unspecified atom stereocenters. The number of hydrogen-bond acceptors (Lipinski definition) is 2. The molecule has 124 valence electrons. The van der Waals surface area contributed by atoms with Gasteiger partial charge < -0.3 is 10.6 Å². The molecule has 1 aliphatic rings. The summed E-state index contributed by atoms with van der Waals surface area (Å²) < 4.78 is 0. The third-order valence-electron chi connectivity index (χ3n) is 4.00. The number of carbonyl (C=O) groups is 2. The molecular weight excluding hydrogens is 300 g/mol. The molecule has 3 rings (SSSR count). The lowest BCUT2D eigenvalue weighted by Gasteiger charge is -2.08. The van der Waals surface area contributed by atoms with Gasteiger partial charge >= 0.3 is 0 Å². The molecule has 1 aliphatic carbocycles. The van der Waals surface area contributed by atoms with Crippen LogP contribution in [0, 0.1) is 13.8 Å². The predicted molar refractivity (Wildman–Crippen MR) is 95.2 cm³/mol. The van der Waals surface area contributed by atoms with E-state index >= 15 is 0 Å². The lowest BCUT2D eigenvalue weighted by Crippen LogP contribution is -2.26. The van der Waals surface area contributed by atoms with Gasteiger partial charge in [0.15, 0.2) is 0 Å². The summed E-state index contributed by atoms with van der Waals surface area (Å²) in [5, 5.41) is 5.87. The van der Waals surface area contributed by atoms with Crippen molar-refractivity contribution in [1.82, 2.24) is 5.32 Å². The van der Waals surface area contributed by atoms with Crippen molar-refractivity contribution in [3.8, 4) is 0 Å². The van der Waals surface area contributed by atoms with E-state index in [1.807, 2.05) is 56.3 Å². The molecule has 0 saturated heterocycles. The zero-order valence-electron chi connectivity index (χ0n) is 14.1. The lowest BCUT2D eigenvalue weighted by molar-refractivity contribution is -0.120. The Morgan fingerprint density at radius 1 is 1.00 bits per heavy atom. The third-order valence-corrected chi connectivity index (χ3v) is 4.00. The first-order chi connectivity index (χ1) is 11.5. The van der Waals surface area contributed by atoms with Gasteiger partial charge in [-0.25, -0.2) is 0 Å². The Labute approximate surface area is 142 Å². The molecule has 24 heavy (non-hydrogen) atoms. The van der Waals surface area contributed by atoms with E-state index < -0.39 is 0 Å². The zero-order chi connectivity index (χ0) is 17.1. The number of carbonyl (C=O) groups excluding carboxylic acids is 2. The summed E-state index contributed by atoms with van der Waals surface area (Å²) in [7, 11) is 0. The second-order valence-corrected chi connectivity index (χ2v) is 6.55. The summed E-state index contributed by atoms with van der Waals surface area (Å²) >= 11 is 0. The number of anilines is 1. The summed E-state index contributed by atoms with van der Waals surface area (Å²) in [5.41, 5.74) is 4.46. The second kappa shape index (κ2) is 6.87. The van der Waals surface area contributed by atoms with Crippen molar-refractivity contribution < 1.29 is 9.59 Å². The van der Waals surface area contributed by atoms with E-state index in [0.29, 0.717) is 18.0 Å². The number of rotatable bonds is 5. The predicted octanol–water partition coefficient (Wildman–Crippen LogP) is 3.38. The molecule has 0 aromatic heterocycles. The van der Waals surface area contributed by atoms with Gasteiger partial charge in [0, 0.05) is 17.3 Å². The molecule has 2 amide bonds. The van der Waals surface area contributed by atoms with Crippen molar-refractivity contribution in [2.45, 2.75) is 39.2 Å². The molecule has 4 nitrogen and oxygen atoms in total. The van der Waals surface area contributed by atoms with E-state index in [9.17, 15) is 9.59 Å². The molecule has 0 spiro atoms. The summed E-state index contributed by atoms with van der Waals surface area (Å²) in [5.74, 6) is -0.0643. The zero-order valence-corrected chi connectivity index (χ0v) is 14.1. The Hall–Kier alpha value is -2.62. The Morgan fingerprint density at radius 2 is 1.62 bits per heavy atom. The molecule has 0 heterocycles. The van der Waals surface area contributed by atoms with Gasteiger partial charge in [0.1, 0.15) is 0 Å². The minimum Gasteiger partial charge on any atom is -0.353 e. The summed E-state index contributed by atoms with van der Waals surface area (Å²) in [6, 6.07) is 13.6. The largest absolute Gasteiger partial charge is 0.353 e. The van der Waals surface area contributed by atoms with Gasteiger partial charge in [-0.15, -0.1) is 0 Å². The highest BCUT2D eigenvalue weighted by Crippen LogP contribution is 2.19. The average molecular weight is 322 g/mol. The van der Waals surface area contributed by atoms with Gasteiger partial charge in [-0.3, -0.25) is 9.59 Å². The Balaban J connectivity index is 1.60. The lowest BCUT2D eigenvalue weighted by atomic mass is 10.1. The fourth-order valence-electron chi connectivity index (χ4n) is 2.71. The maximum atomic E-state index is 12.3. The molecule has 1 saturated carbocycles. The SMILES string of the molecule is Cc1cc(C)cc(C(=O)Nc2ccc(CC(=O)NC3CC3)cc2)c1. The fourth-order valence-corrected chi connectivity index (χ4v) is 2.71. The van der Waals surface area contributed by atoms with Gasteiger partial charge in [-0.05, 0) is 56.5 Å². The van der Waals surface area contributed by atoms with Crippen LogP contribution in [0.1, 0.15) is 39.9 Å². The number of amides is 2. The van der Waals surface area contributed by atoms with Crippen molar-refractivity contribution in [3.63, 3.8) is 0 Å². The monoisotopic (exact) mass is 322 g/mol. The first-order valence-corrected chi connectivity index (χ1v) is 8.27. The number of aryl methyl sites for hydroxylation is 2. The summed E-state index contributed by atoms with van der Waals surface area (Å²) in [4.78, 5) is 24.1. The minimum atomic E-state index is -0.124. The highest BCUT2D eigenvalue weighted by Gasteiger charge is 2.23. The number of nitrogens with one attached hydrogen (secondary N) is 2. The van der Waals surface area contributed by atoms with E-state index in [1.54, 1.807) is 0 Å². The topological polar surface area (TPSA) is 58.2 Å². The highest BCUT2D eigenvalue weighted by atomic mass is 16.2. The van der Waals surface area contributed by atoms with Crippen molar-refractivity contribution >= 4 is 17.5 Å². The molecule has 1 fully saturated rings.